The number of fused-ring (bicyclic) bond motifs is 2. The molecule has 2 aromatic rings. The van der Waals surface area contributed by atoms with Crippen molar-refractivity contribution in [2.75, 3.05) is 6.54 Å². The van der Waals surface area contributed by atoms with E-state index in [2.05, 4.69) is 26.2 Å². The maximum Gasteiger partial charge on any atom is 0.261 e. The Balaban J connectivity index is 1.66. The van der Waals surface area contributed by atoms with Crippen molar-refractivity contribution in [2.24, 2.45) is 0 Å². The molecule has 3 heterocycles. The van der Waals surface area contributed by atoms with Crippen LogP contribution in [0.3, 0.4) is 0 Å². The van der Waals surface area contributed by atoms with Gasteiger partial charge in [0.05, 0.1) is 34.9 Å². The SMILES string of the molecule is O=c1c2cc(Cl)c(Br)cc2ncn1CC1(O)C[C@H]2NCCC[C@H]2O1. The highest BCUT2D eigenvalue weighted by atomic mass is 79.9. The summed E-state index contributed by atoms with van der Waals surface area (Å²) < 4.78 is 7.92. The number of aliphatic hydroxyl groups is 1. The van der Waals surface area contributed by atoms with Gasteiger partial charge in [-0.15, -0.1) is 0 Å². The molecule has 4 rings (SSSR count). The van der Waals surface area contributed by atoms with Crippen LogP contribution < -0.4 is 10.9 Å². The van der Waals surface area contributed by atoms with Gasteiger partial charge in [-0.3, -0.25) is 9.36 Å². The zero-order valence-corrected chi connectivity index (χ0v) is 15.2. The minimum Gasteiger partial charge on any atom is -0.364 e. The van der Waals surface area contributed by atoms with Crippen LogP contribution in [0.5, 0.6) is 0 Å². The molecule has 2 fully saturated rings. The second-order valence-electron chi connectivity index (χ2n) is 6.47. The fraction of sp³-hybridized carbons (Fsp3) is 0.500. The lowest BCUT2D eigenvalue weighted by Crippen LogP contribution is -2.41. The van der Waals surface area contributed by atoms with Gasteiger partial charge in [0.2, 0.25) is 0 Å². The maximum absolute atomic E-state index is 12.7. The standard InChI is InChI=1S/C16H17BrClN3O3/c17-10-5-12-9(4-11(10)18)15(22)21(8-20-12)7-16(23)6-13-14(24-16)2-1-3-19-13/h4-5,8,13-14,19,23H,1-3,6-7H2/t13-,14-,16?/m1/s1. The minimum atomic E-state index is -1.36. The summed E-state index contributed by atoms with van der Waals surface area (Å²) in [6.07, 6.45) is 3.86. The summed E-state index contributed by atoms with van der Waals surface area (Å²) in [4.78, 5) is 17.0. The van der Waals surface area contributed by atoms with Crippen molar-refractivity contribution in [2.45, 2.75) is 43.7 Å². The molecule has 0 radical (unpaired) electrons. The third-order valence-electron chi connectivity index (χ3n) is 4.71. The van der Waals surface area contributed by atoms with E-state index in [9.17, 15) is 9.90 Å². The van der Waals surface area contributed by atoms with Gasteiger partial charge in [0.15, 0.2) is 5.79 Å². The number of hydrogen-bond donors (Lipinski definition) is 2. The van der Waals surface area contributed by atoms with Crippen molar-refractivity contribution in [3.63, 3.8) is 0 Å². The summed E-state index contributed by atoms with van der Waals surface area (Å²) in [5, 5.41) is 15.0. The Morgan fingerprint density at radius 1 is 1.54 bits per heavy atom. The molecular weight excluding hydrogens is 398 g/mol. The van der Waals surface area contributed by atoms with E-state index in [-0.39, 0.29) is 24.2 Å². The van der Waals surface area contributed by atoms with Crippen LogP contribution in [0.15, 0.2) is 27.7 Å². The van der Waals surface area contributed by atoms with Crippen molar-refractivity contribution in [1.82, 2.24) is 14.9 Å². The van der Waals surface area contributed by atoms with Crippen molar-refractivity contribution in [3.05, 3.63) is 38.3 Å². The van der Waals surface area contributed by atoms with Crippen LogP contribution in [-0.4, -0.2) is 39.1 Å². The molecule has 0 bridgehead atoms. The summed E-state index contributed by atoms with van der Waals surface area (Å²) in [6.45, 7) is 0.989. The second-order valence-corrected chi connectivity index (χ2v) is 7.73. The molecule has 128 valence electrons. The third-order valence-corrected chi connectivity index (χ3v) is 5.91. The largest absolute Gasteiger partial charge is 0.364 e. The van der Waals surface area contributed by atoms with Gasteiger partial charge in [0.25, 0.3) is 5.56 Å². The lowest BCUT2D eigenvalue weighted by molar-refractivity contribution is -0.202. The van der Waals surface area contributed by atoms with E-state index >= 15 is 0 Å². The predicted molar refractivity (Wildman–Crippen MR) is 94.2 cm³/mol. The van der Waals surface area contributed by atoms with Gasteiger partial charge in [-0.25, -0.2) is 4.98 Å². The molecule has 2 saturated heterocycles. The molecule has 0 saturated carbocycles. The molecule has 2 N–H and O–H groups in total. The summed E-state index contributed by atoms with van der Waals surface area (Å²) >= 11 is 9.41. The Morgan fingerprint density at radius 3 is 3.17 bits per heavy atom. The topological polar surface area (TPSA) is 76.4 Å². The van der Waals surface area contributed by atoms with E-state index in [1.165, 1.54) is 10.9 Å². The highest BCUT2D eigenvalue weighted by Crippen LogP contribution is 2.34. The Labute approximate surface area is 151 Å². The number of nitrogens with one attached hydrogen (secondary N) is 1. The highest BCUT2D eigenvalue weighted by Gasteiger charge is 2.46. The molecule has 0 spiro atoms. The molecule has 1 unspecified atom stereocenters. The first-order chi connectivity index (χ1) is 11.5. The molecule has 1 aromatic carbocycles. The third kappa shape index (κ3) is 2.88. The summed E-state index contributed by atoms with van der Waals surface area (Å²) in [5.74, 6) is -1.36. The monoisotopic (exact) mass is 413 g/mol. The number of hydrogen-bond acceptors (Lipinski definition) is 5. The molecule has 3 atom stereocenters. The van der Waals surface area contributed by atoms with Crippen LogP contribution in [0.1, 0.15) is 19.3 Å². The lowest BCUT2D eigenvalue weighted by atomic mass is 9.99. The molecule has 1 aromatic heterocycles. The van der Waals surface area contributed by atoms with Crippen molar-refractivity contribution < 1.29 is 9.84 Å². The summed E-state index contributed by atoms with van der Waals surface area (Å²) in [6, 6.07) is 3.44. The molecule has 0 amide bonds. The lowest BCUT2D eigenvalue weighted by Gasteiger charge is -2.25. The molecule has 0 aliphatic carbocycles. The number of nitrogens with zero attached hydrogens (tertiary/aromatic N) is 2. The van der Waals surface area contributed by atoms with E-state index in [1.54, 1.807) is 12.1 Å². The average Bonchev–Trinajstić information content (AvgIpc) is 2.88. The van der Waals surface area contributed by atoms with E-state index in [1.807, 2.05) is 0 Å². The number of piperidine rings is 1. The normalized spacial score (nSPS) is 29.8. The van der Waals surface area contributed by atoms with E-state index in [0.29, 0.717) is 26.8 Å². The average molecular weight is 415 g/mol. The summed E-state index contributed by atoms with van der Waals surface area (Å²) in [7, 11) is 0. The maximum atomic E-state index is 12.7. The van der Waals surface area contributed by atoms with Gasteiger partial charge < -0.3 is 15.2 Å². The first kappa shape index (κ1) is 16.5. The Morgan fingerprint density at radius 2 is 2.38 bits per heavy atom. The van der Waals surface area contributed by atoms with Crippen LogP contribution in [0.4, 0.5) is 0 Å². The van der Waals surface area contributed by atoms with Gasteiger partial charge in [0.1, 0.15) is 0 Å². The minimum absolute atomic E-state index is 0.00160. The fourth-order valence-corrected chi connectivity index (χ4v) is 4.07. The number of aromatic nitrogens is 2. The zero-order valence-electron chi connectivity index (χ0n) is 12.8. The number of benzene rings is 1. The van der Waals surface area contributed by atoms with Crippen LogP contribution in [0, 0.1) is 0 Å². The quantitative estimate of drug-likeness (QED) is 0.786. The summed E-state index contributed by atoms with van der Waals surface area (Å²) in [5.41, 5.74) is 0.316. The molecule has 2 aliphatic heterocycles. The van der Waals surface area contributed by atoms with Gasteiger partial charge in [-0.05, 0) is 47.4 Å². The van der Waals surface area contributed by atoms with E-state index in [4.69, 9.17) is 16.3 Å². The van der Waals surface area contributed by atoms with Crippen LogP contribution in [0.25, 0.3) is 10.9 Å². The van der Waals surface area contributed by atoms with Gasteiger partial charge in [0, 0.05) is 16.9 Å². The second kappa shape index (κ2) is 6.07. The van der Waals surface area contributed by atoms with E-state index in [0.717, 1.165) is 19.4 Å². The molecular formula is C16H17BrClN3O3. The molecule has 2 aliphatic rings. The first-order valence-corrected chi connectivity index (χ1v) is 9.10. The van der Waals surface area contributed by atoms with Crippen molar-refractivity contribution >= 4 is 38.4 Å². The Bertz CT molecular complexity index is 842. The van der Waals surface area contributed by atoms with Crippen LogP contribution in [-0.2, 0) is 11.3 Å². The highest BCUT2D eigenvalue weighted by molar-refractivity contribution is 9.10. The van der Waals surface area contributed by atoms with Gasteiger partial charge in [-0.2, -0.15) is 0 Å². The van der Waals surface area contributed by atoms with Crippen molar-refractivity contribution in [3.8, 4) is 0 Å². The fourth-order valence-electron chi connectivity index (χ4n) is 3.58. The predicted octanol–water partition coefficient (Wildman–Crippen LogP) is 2.04. The molecule has 24 heavy (non-hydrogen) atoms. The van der Waals surface area contributed by atoms with Crippen LogP contribution >= 0.6 is 27.5 Å². The number of ether oxygens (including phenoxy) is 1. The Hall–Kier alpha value is -0.990. The van der Waals surface area contributed by atoms with Crippen molar-refractivity contribution in [1.29, 1.82) is 0 Å². The van der Waals surface area contributed by atoms with Crippen LogP contribution in [0.2, 0.25) is 5.02 Å². The number of halogens is 2. The van der Waals surface area contributed by atoms with Gasteiger partial charge >= 0.3 is 0 Å². The van der Waals surface area contributed by atoms with E-state index < -0.39 is 5.79 Å². The smallest absolute Gasteiger partial charge is 0.261 e. The molecule has 8 heteroatoms. The van der Waals surface area contributed by atoms with Gasteiger partial charge in [-0.1, -0.05) is 11.6 Å². The Kier molecular flexibility index (Phi) is 4.17. The zero-order chi connectivity index (χ0) is 16.9. The molecule has 6 nitrogen and oxygen atoms in total. The first-order valence-electron chi connectivity index (χ1n) is 7.93. The number of rotatable bonds is 2.